The van der Waals surface area contributed by atoms with Crippen LogP contribution in [0.25, 0.3) is 0 Å². The number of hydrogen-bond donors (Lipinski definition) is 1. The SMILES string of the molecule is CC(C)(C#N)NCCc1ccc(Cl)c(Cl)c1. The molecule has 4 heteroatoms. The van der Waals surface area contributed by atoms with E-state index in [1.165, 1.54) is 0 Å². The molecular weight excluding hydrogens is 243 g/mol. The first-order valence-corrected chi connectivity index (χ1v) is 5.80. The van der Waals surface area contributed by atoms with Crippen molar-refractivity contribution in [2.75, 3.05) is 6.54 Å². The maximum absolute atomic E-state index is 8.82. The first-order valence-electron chi connectivity index (χ1n) is 5.05. The molecule has 1 aromatic rings. The third-order valence-corrected chi connectivity index (χ3v) is 2.98. The Labute approximate surface area is 106 Å². The van der Waals surface area contributed by atoms with Gasteiger partial charge in [-0.15, -0.1) is 0 Å². The quantitative estimate of drug-likeness (QED) is 0.896. The number of nitriles is 1. The Morgan fingerprint density at radius 1 is 1.31 bits per heavy atom. The van der Waals surface area contributed by atoms with Crippen molar-refractivity contribution in [3.63, 3.8) is 0 Å². The highest BCUT2D eigenvalue weighted by Gasteiger charge is 2.14. The van der Waals surface area contributed by atoms with E-state index >= 15 is 0 Å². The lowest BCUT2D eigenvalue weighted by Gasteiger charge is -2.17. The number of nitrogens with one attached hydrogen (secondary N) is 1. The van der Waals surface area contributed by atoms with E-state index in [0.29, 0.717) is 10.0 Å². The van der Waals surface area contributed by atoms with Gasteiger partial charge in [0.2, 0.25) is 0 Å². The Balaban J connectivity index is 2.50. The maximum Gasteiger partial charge on any atom is 0.101 e. The lowest BCUT2D eigenvalue weighted by Crippen LogP contribution is -2.38. The van der Waals surface area contributed by atoms with E-state index in [-0.39, 0.29) is 0 Å². The number of rotatable bonds is 4. The van der Waals surface area contributed by atoms with Crippen LogP contribution in [0.3, 0.4) is 0 Å². The van der Waals surface area contributed by atoms with Gasteiger partial charge in [-0.25, -0.2) is 0 Å². The standard InChI is InChI=1S/C12H14Cl2N2/c1-12(2,8-15)16-6-5-9-3-4-10(13)11(14)7-9/h3-4,7,16H,5-6H2,1-2H3. The normalized spacial score (nSPS) is 11.2. The zero-order valence-electron chi connectivity index (χ0n) is 9.35. The average Bonchev–Trinajstić information content (AvgIpc) is 2.23. The third kappa shape index (κ3) is 4.02. The second kappa shape index (κ2) is 5.54. The van der Waals surface area contributed by atoms with Gasteiger partial charge in [-0.3, -0.25) is 5.32 Å². The minimum absolute atomic E-state index is 0.490. The molecule has 0 fully saturated rings. The van der Waals surface area contributed by atoms with Crippen molar-refractivity contribution in [1.82, 2.24) is 5.32 Å². The summed E-state index contributed by atoms with van der Waals surface area (Å²) in [5.74, 6) is 0. The predicted molar refractivity (Wildman–Crippen MR) is 67.9 cm³/mol. The van der Waals surface area contributed by atoms with Gasteiger partial charge >= 0.3 is 0 Å². The van der Waals surface area contributed by atoms with Crippen LogP contribution < -0.4 is 5.32 Å². The van der Waals surface area contributed by atoms with Gasteiger partial charge in [-0.2, -0.15) is 5.26 Å². The van der Waals surface area contributed by atoms with Crippen LogP contribution in [-0.2, 0) is 6.42 Å². The molecule has 0 saturated carbocycles. The maximum atomic E-state index is 8.82. The highest BCUT2D eigenvalue weighted by molar-refractivity contribution is 6.42. The van der Waals surface area contributed by atoms with Crippen LogP contribution in [0.1, 0.15) is 19.4 Å². The van der Waals surface area contributed by atoms with Crippen molar-refractivity contribution >= 4 is 23.2 Å². The van der Waals surface area contributed by atoms with Crippen LogP contribution in [0.4, 0.5) is 0 Å². The molecule has 0 aromatic heterocycles. The van der Waals surface area contributed by atoms with Gasteiger partial charge in [-0.05, 0) is 38.0 Å². The largest absolute Gasteiger partial charge is 0.300 e. The van der Waals surface area contributed by atoms with E-state index in [0.717, 1.165) is 18.5 Å². The van der Waals surface area contributed by atoms with E-state index in [2.05, 4.69) is 11.4 Å². The molecule has 86 valence electrons. The summed E-state index contributed by atoms with van der Waals surface area (Å²) in [6.07, 6.45) is 0.821. The summed E-state index contributed by atoms with van der Waals surface area (Å²) in [4.78, 5) is 0. The van der Waals surface area contributed by atoms with Crippen LogP contribution in [0.5, 0.6) is 0 Å². The van der Waals surface area contributed by atoms with E-state index in [1.54, 1.807) is 6.07 Å². The van der Waals surface area contributed by atoms with E-state index in [1.807, 2.05) is 26.0 Å². The zero-order chi connectivity index (χ0) is 12.2. The van der Waals surface area contributed by atoms with Crippen LogP contribution in [-0.4, -0.2) is 12.1 Å². The fraction of sp³-hybridized carbons (Fsp3) is 0.417. The molecule has 0 spiro atoms. The average molecular weight is 257 g/mol. The fourth-order valence-corrected chi connectivity index (χ4v) is 1.57. The Hall–Kier alpha value is -0.750. The molecule has 0 bridgehead atoms. The van der Waals surface area contributed by atoms with Gasteiger partial charge in [-0.1, -0.05) is 29.3 Å². The molecule has 1 aromatic carbocycles. The summed E-state index contributed by atoms with van der Waals surface area (Å²) in [7, 11) is 0. The summed E-state index contributed by atoms with van der Waals surface area (Å²) < 4.78 is 0. The second-order valence-electron chi connectivity index (χ2n) is 4.16. The predicted octanol–water partition coefficient (Wildman–Crippen LogP) is 3.43. The Morgan fingerprint density at radius 2 is 2.00 bits per heavy atom. The van der Waals surface area contributed by atoms with Gasteiger partial charge < -0.3 is 0 Å². The van der Waals surface area contributed by atoms with Gasteiger partial charge in [0, 0.05) is 6.54 Å². The first-order chi connectivity index (χ1) is 7.44. The smallest absolute Gasteiger partial charge is 0.101 e. The number of benzene rings is 1. The van der Waals surface area contributed by atoms with Crippen molar-refractivity contribution in [3.8, 4) is 6.07 Å². The van der Waals surface area contributed by atoms with Gasteiger partial charge in [0.05, 0.1) is 16.1 Å². The molecule has 16 heavy (non-hydrogen) atoms. The van der Waals surface area contributed by atoms with Crippen molar-refractivity contribution in [1.29, 1.82) is 5.26 Å². The van der Waals surface area contributed by atoms with Gasteiger partial charge in [0.15, 0.2) is 0 Å². The molecule has 1 rings (SSSR count). The zero-order valence-corrected chi connectivity index (χ0v) is 10.9. The molecule has 0 saturated heterocycles. The molecule has 0 heterocycles. The van der Waals surface area contributed by atoms with Crippen molar-refractivity contribution in [2.45, 2.75) is 25.8 Å². The molecule has 2 nitrogen and oxygen atoms in total. The molecule has 0 aliphatic rings. The van der Waals surface area contributed by atoms with Crippen LogP contribution >= 0.6 is 23.2 Å². The Morgan fingerprint density at radius 3 is 2.56 bits per heavy atom. The Kier molecular flexibility index (Phi) is 4.61. The number of halogens is 2. The summed E-state index contributed by atoms with van der Waals surface area (Å²) in [5, 5.41) is 13.1. The van der Waals surface area contributed by atoms with Crippen LogP contribution in [0, 0.1) is 11.3 Å². The fourth-order valence-electron chi connectivity index (χ4n) is 1.25. The molecule has 0 radical (unpaired) electrons. The van der Waals surface area contributed by atoms with E-state index in [9.17, 15) is 0 Å². The topological polar surface area (TPSA) is 35.8 Å². The first kappa shape index (κ1) is 13.3. The Bertz CT molecular complexity index is 408. The number of nitrogens with zero attached hydrogens (tertiary/aromatic N) is 1. The second-order valence-corrected chi connectivity index (χ2v) is 4.98. The molecule has 0 aliphatic heterocycles. The van der Waals surface area contributed by atoms with Crippen molar-refractivity contribution < 1.29 is 0 Å². The molecule has 0 atom stereocenters. The lowest BCUT2D eigenvalue weighted by molar-refractivity contribution is 0.490. The van der Waals surface area contributed by atoms with Crippen molar-refractivity contribution in [3.05, 3.63) is 33.8 Å². The minimum Gasteiger partial charge on any atom is -0.300 e. The molecule has 1 N–H and O–H groups in total. The molecular formula is C12H14Cl2N2. The minimum atomic E-state index is -0.490. The highest BCUT2D eigenvalue weighted by Crippen LogP contribution is 2.22. The monoisotopic (exact) mass is 256 g/mol. The molecule has 0 unspecified atom stereocenters. The van der Waals surface area contributed by atoms with Crippen molar-refractivity contribution in [2.24, 2.45) is 0 Å². The summed E-state index contributed by atoms with van der Waals surface area (Å²) in [5.41, 5.74) is 0.617. The van der Waals surface area contributed by atoms with Gasteiger partial charge in [0.1, 0.15) is 5.54 Å². The van der Waals surface area contributed by atoms with Crippen LogP contribution in [0.15, 0.2) is 18.2 Å². The summed E-state index contributed by atoms with van der Waals surface area (Å²) in [6, 6.07) is 7.77. The van der Waals surface area contributed by atoms with E-state index in [4.69, 9.17) is 28.5 Å². The summed E-state index contributed by atoms with van der Waals surface area (Å²) >= 11 is 11.7. The van der Waals surface area contributed by atoms with Crippen LogP contribution in [0.2, 0.25) is 10.0 Å². The highest BCUT2D eigenvalue weighted by atomic mass is 35.5. The van der Waals surface area contributed by atoms with Gasteiger partial charge in [0.25, 0.3) is 0 Å². The number of hydrogen-bond acceptors (Lipinski definition) is 2. The third-order valence-electron chi connectivity index (χ3n) is 2.24. The summed E-state index contributed by atoms with van der Waals surface area (Å²) in [6.45, 7) is 4.43. The van der Waals surface area contributed by atoms with E-state index < -0.39 is 5.54 Å². The lowest BCUT2D eigenvalue weighted by atomic mass is 10.1. The molecule has 0 amide bonds. The molecule has 0 aliphatic carbocycles.